The smallest absolute Gasteiger partial charge is 0.244 e. The van der Waals surface area contributed by atoms with Gasteiger partial charge in [-0.2, -0.15) is 0 Å². The molecule has 1 amide bonds. The molecule has 1 aromatic rings. The quantitative estimate of drug-likeness (QED) is 0.717. The number of aliphatic hydroxyl groups excluding tert-OH is 1. The van der Waals surface area contributed by atoms with E-state index >= 15 is 0 Å². The van der Waals surface area contributed by atoms with E-state index in [0.29, 0.717) is 13.0 Å². The zero-order valence-electron chi connectivity index (χ0n) is 12.1. The van der Waals surface area contributed by atoms with E-state index in [0.717, 1.165) is 17.7 Å². The molecule has 1 unspecified atom stereocenters. The van der Waals surface area contributed by atoms with Gasteiger partial charge in [0.15, 0.2) is 0 Å². The van der Waals surface area contributed by atoms with Crippen LogP contribution in [0.1, 0.15) is 32.3 Å². The molecule has 4 heteroatoms. The average molecular weight is 277 g/mol. The minimum absolute atomic E-state index is 0.0132. The number of carbonyl (C=O) groups excluding carboxylic acids is 1. The minimum Gasteiger partial charge on any atom is -0.493 e. The predicted octanol–water partition coefficient (Wildman–Crippen LogP) is 2.38. The van der Waals surface area contributed by atoms with Crippen LogP contribution in [0.4, 0.5) is 0 Å². The molecule has 2 N–H and O–H groups in total. The molecular formula is C16H23NO3. The average Bonchev–Trinajstić information content (AvgIpc) is 2.46. The largest absolute Gasteiger partial charge is 0.493 e. The van der Waals surface area contributed by atoms with Crippen molar-refractivity contribution in [2.24, 2.45) is 0 Å². The van der Waals surface area contributed by atoms with E-state index in [9.17, 15) is 4.79 Å². The van der Waals surface area contributed by atoms with Crippen LogP contribution in [-0.4, -0.2) is 30.3 Å². The fourth-order valence-corrected chi connectivity index (χ4v) is 1.85. The van der Waals surface area contributed by atoms with Gasteiger partial charge in [0.05, 0.1) is 6.61 Å². The fourth-order valence-electron chi connectivity index (χ4n) is 1.85. The second-order valence-corrected chi connectivity index (χ2v) is 4.43. The van der Waals surface area contributed by atoms with Gasteiger partial charge in [-0.25, -0.2) is 0 Å². The maximum Gasteiger partial charge on any atom is 0.244 e. The number of nitrogens with one attached hydrogen (secondary N) is 1. The van der Waals surface area contributed by atoms with Gasteiger partial charge in [-0.1, -0.05) is 25.1 Å². The number of hydrogen-bond acceptors (Lipinski definition) is 3. The summed E-state index contributed by atoms with van der Waals surface area (Å²) < 4.78 is 5.49. The Morgan fingerprint density at radius 3 is 2.80 bits per heavy atom. The van der Waals surface area contributed by atoms with Gasteiger partial charge >= 0.3 is 0 Å². The number of rotatable bonds is 8. The Balaban J connectivity index is 2.65. The summed E-state index contributed by atoms with van der Waals surface area (Å²) in [5.41, 5.74) is 0.875. The first-order valence-corrected chi connectivity index (χ1v) is 7.02. The molecule has 0 fully saturated rings. The van der Waals surface area contributed by atoms with Gasteiger partial charge in [0, 0.05) is 24.3 Å². The summed E-state index contributed by atoms with van der Waals surface area (Å²) >= 11 is 0. The molecule has 20 heavy (non-hydrogen) atoms. The molecule has 1 aromatic carbocycles. The van der Waals surface area contributed by atoms with Gasteiger partial charge < -0.3 is 15.2 Å². The third kappa shape index (κ3) is 5.45. The molecule has 0 bridgehead atoms. The molecule has 1 rings (SSSR count). The van der Waals surface area contributed by atoms with Crippen LogP contribution in [0, 0.1) is 0 Å². The van der Waals surface area contributed by atoms with Crippen molar-refractivity contribution < 1.29 is 14.6 Å². The van der Waals surface area contributed by atoms with E-state index in [4.69, 9.17) is 9.84 Å². The Kier molecular flexibility index (Phi) is 7.43. The number of hydrogen-bond donors (Lipinski definition) is 2. The van der Waals surface area contributed by atoms with Crippen molar-refractivity contribution in [3.05, 3.63) is 35.9 Å². The van der Waals surface area contributed by atoms with Crippen molar-refractivity contribution in [1.82, 2.24) is 5.32 Å². The molecular weight excluding hydrogens is 254 g/mol. The van der Waals surface area contributed by atoms with Gasteiger partial charge in [-0.05, 0) is 31.9 Å². The van der Waals surface area contributed by atoms with Gasteiger partial charge in [0.1, 0.15) is 5.75 Å². The number of amides is 1. The van der Waals surface area contributed by atoms with Gasteiger partial charge in [-0.15, -0.1) is 0 Å². The molecule has 0 spiro atoms. The topological polar surface area (TPSA) is 58.6 Å². The van der Waals surface area contributed by atoms with Crippen LogP contribution in [0.5, 0.6) is 5.75 Å². The summed E-state index contributed by atoms with van der Waals surface area (Å²) in [5, 5.41) is 11.8. The highest BCUT2D eigenvalue weighted by molar-refractivity contribution is 5.92. The van der Waals surface area contributed by atoms with Crippen LogP contribution in [-0.2, 0) is 4.79 Å². The van der Waals surface area contributed by atoms with E-state index in [1.54, 1.807) is 6.08 Å². The molecule has 0 aliphatic rings. The number of carbonyl (C=O) groups is 1. The lowest BCUT2D eigenvalue weighted by molar-refractivity contribution is -0.117. The molecule has 0 aliphatic heterocycles. The maximum absolute atomic E-state index is 11.8. The van der Waals surface area contributed by atoms with Gasteiger partial charge in [0.2, 0.25) is 5.91 Å². The maximum atomic E-state index is 11.8. The van der Waals surface area contributed by atoms with Crippen molar-refractivity contribution in [3.63, 3.8) is 0 Å². The SMILES string of the molecule is CCOc1ccccc1/C=C/C(=O)NC(CC)CCO. The second kappa shape index (κ2) is 9.15. The first kappa shape index (κ1) is 16.2. The van der Waals surface area contributed by atoms with Crippen LogP contribution in [0.3, 0.4) is 0 Å². The summed E-state index contributed by atoms with van der Waals surface area (Å²) in [6, 6.07) is 7.60. The van der Waals surface area contributed by atoms with Crippen LogP contribution in [0.15, 0.2) is 30.3 Å². The van der Waals surface area contributed by atoms with E-state index in [-0.39, 0.29) is 18.6 Å². The molecule has 0 saturated carbocycles. The molecule has 0 aliphatic carbocycles. The van der Waals surface area contributed by atoms with Crippen LogP contribution in [0.2, 0.25) is 0 Å². The normalized spacial score (nSPS) is 12.3. The zero-order chi connectivity index (χ0) is 14.8. The number of para-hydroxylation sites is 1. The standard InChI is InChI=1S/C16H23NO3/c1-3-14(11-12-18)17-16(19)10-9-13-7-5-6-8-15(13)20-4-2/h5-10,14,18H,3-4,11-12H2,1-2H3,(H,17,19)/b10-9+. The molecule has 0 heterocycles. The summed E-state index contributed by atoms with van der Waals surface area (Å²) in [6.45, 7) is 4.57. The Labute approximate surface area is 120 Å². The van der Waals surface area contributed by atoms with Crippen molar-refractivity contribution in [1.29, 1.82) is 0 Å². The predicted molar refractivity (Wildman–Crippen MR) is 80.6 cm³/mol. The first-order chi connectivity index (χ1) is 9.71. The van der Waals surface area contributed by atoms with E-state index in [1.807, 2.05) is 38.1 Å². The Hall–Kier alpha value is -1.81. The van der Waals surface area contributed by atoms with Crippen molar-refractivity contribution in [2.45, 2.75) is 32.7 Å². The van der Waals surface area contributed by atoms with Gasteiger partial charge in [-0.3, -0.25) is 4.79 Å². The number of aliphatic hydroxyl groups is 1. The summed E-state index contributed by atoms with van der Waals surface area (Å²) in [6.07, 6.45) is 4.62. The van der Waals surface area contributed by atoms with E-state index < -0.39 is 0 Å². The molecule has 4 nitrogen and oxygen atoms in total. The van der Waals surface area contributed by atoms with E-state index in [2.05, 4.69) is 5.32 Å². The highest BCUT2D eigenvalue weighted by Gasteiger charge is 2.07. The molecule has 0 saturated heterocycles. The third-order valence-electron chi connectivity index (χ3n) is 2.95. The number of ether oxygens (including phenoxy) is 1. The zero-order valence-corrected chi connectivity index (χ0v) is 12.1. The Morgan fingerprint density at radius 2 is 2.15 bits per heavy atom. The summed E-state index contributed by atoms with van der Waals surface area (Å²) in [5.74, 6) is 0.609. The van der Waals surface area contributed by atoms with Crippen molar-refractivity contribution in [2.75, 3.05) is 13.2 Å². The Bertz CT molecular complexity index is 443. The lowest BCUT2D eigenvalue weighted by Gasteiger charge is -2.14. The van der Waals surface area contributed by atoms with Crippen molar-refractivity contribution >= 4 is 12.0 Å². The fraction of sp³-hybridized carbons (Fsp3) is 0.438. The van der Waals surface area contributed by atoms with Gasteiger partial charge in [0.25, 0.3) is 0 Å². The highest BCUT2D eigenvalue weighted by atomic mass is 16.5. The number of benzene rings is 1. The first-order valence-electron chi connectivity index (χ1n) is 7.02. The molecule has 110 valence electrons. The Morgan fingerprint density at radius 1 is 1.40 bits per heavy atom. The molecule has 0 aromatic heterocycles. The van der Waals surface area contributed by atoms with Crippen LogP contribution < -0.4 is 10.1 Å². The molecule has 1 atom stereocenters. The van der Waals surface area contributed by atoms with E-state index in [1.165, 1.54) is 6.08 Å². The molecule has 0 radical (unpaired) electrons. The van der Waals surface area contributed by atoms with Crippen LogP contribution >= 0.6 is 0 Å². The summed E-state index contributed by atoms with van der Waals surface area (Å²) in [4.78, 5) is 11.8. The highest BCUT2D eigenvalue weighted by Crippen LogP contribution is 2.19. The monoisotopic (exact) mass is 277 g/mol. The van der Waals surface area contributed by atoms with Crippen LogP contribution in [0.25, 0.3) is 6.08 Å². The lowest BCUT2D eigenvalue weighted by Crippen LogP contribution is -2.33. The minimum atomic E-state index is -0.156. The third-order valence-corrected chi connectivity index (χ3v) is 2.95. The second-order valence-electron chi connectivity index (χ2n) is 4.43. The summed E-state index contributed by atoms with van der Waals surface area (Å²) in [7, 11) is 0. The van der Waals surface area contributed by atoms with Crippen molar-refractivity contribution in [3.8, 4) is 5.75 Å². The lowest BCUT2D eigenvalue weighted by atomic mass is 10.1.